The van der Waals surface area contributed by atoms with Gasteiger partial charge in [0.1, 0.15) is 17.3 Å². The number of pyridine rings is 1. The first-order valence-corrected chi connectivity index (χ1v) is 11.9. The summed E-state index contributed by atoms with van der Waals surface area (Å²) in [7, 11) is 1.68. The van der Waals surface area contributed by atoms with Crippen LogP contribution in [-0.2, 0) is 11.3 Å². The van der Waals surface area contributed by atoms with Crippen LogP contribution in [0.15, 0.2) is 72.9 Å². The Morgan fingerprint density at radius 2 is 1.71 bits per heavy atom. The molecule has 5 heteroatoms. The molecule has 1 aromatic heterocycles. The van der Waals surface area contributed by atoms with Crippen molar-refractivity contribution in [1.82, 2.24) is 4.98 Å². The van der Waals surface area contributed by atoms with Crippen molar-refractivity contribution in [2.45, 2.75) is 40.7 Å². The monoisotopic (exact) mass is 468 g/mol. The highest BCUT2D eigenvalue weighted by atomic mass is 16.5. The minimum Gasteiger partial charge on any atom is -0.508 e. The van der Waals surface area contributed by atoms with Crippen LogP contribution in [0.2, 0.25) is 0 Å². The van der Waals surface area contributed by atoms with E-state index in [1.54, 1.807) is 30.3 Å². The summed E-state index contributed by atoms with van der Waals surface area (Å²) in [6.45, 7) is 8.39. The maximum absolute atomic E-state index is 13.7. The minimum absolute atomic E-state index is 0.0166. The number of amides is 1. The van der Waals surface area contributed by atoms with Crippen molar-refractivity contribution in [2.75, 3.05) is 12.0 Å². The van der Waals surface area contributed by atoms with Crippen LogP contribution < -0.4 is 9.64 Å². The summed E-state index contributed by atoms with van der Waals surface area (Å²) in [5.41, 5.74) is 3.77. The number of fused-ring (bicyclic) bond motifs is 1. The number of benzene rings is 3. The van der Waals surface area contributed by atoms with E-state index >= 15 is 0 Å². The van der Waals surface area contributed by atoms with Gasteiger partial charge in [0.2, 0.25) is 5.91 Å². The molecular formula is C30H32N2O3. The number of hydrogen-bond acceptors (Lipinski definition) is 4. The molecule has 3 aromatic carbocycles. The van der Waals surface area contributed by atoms with Crippen LogP contribution in [0, 0.1) is 12.3 Å². The summed E-state index contributed by atoms with van der Waals surface area (Å²) < 4.78 is 5.38. The van der Waals surface area contributed by atoms with E-state index in [1.165, 1.54) is 0 Å². The van der Waals surface area contributed by atoms with Gasteiger partial charge in [-0.25, -0.2) is 4.98 Å². The molecule has 5 nitrogen and oxygen atoms in total. The zero-order valence-electron chi connectivity index (χ0n) is 21.0. The summed E-state index contributed by atoms with van der Waals surface area (Å²) in [6.07, 6.45) is 2.40. The lowest BCUT2D eigenvalue weighted by molar-refractivity contribution is -0.126. The lowest BCUT2D eigenvalue weighted by atomic mass is 9.88. The van der Waals surface area contributed by atoms with Crippen LogP contribution in [0.3, 0.4) is 0 Å². The van der Waals surface area contributed by atoms with Gasteiger partial charge in [-0.1, -0.05) is 51.1 Å². The summed E-state index contributed by atoms with van der Waals surface area (Å²) >= 11 is 0. The van der Waals surface area contributed by atoms with Gasteiger partial charge in [0.15, 0.2) is 0 Å². The van der Waals surface area contributed by atoms with Crippen LogP contribution in [0.1, 0.15) is 38.3 Å². The van der Waals surface area contributed by atoms with Crippen molar-refractivity contribution in [3.05, 3.63) is 84.1 Å². The van der Waals surface area contributed by atoms with Gasteiger partial charge in [0, 0.05) is 17.0 Å². The first kappa shape index (κ1) is 24.3. The highest BCUT2D eigenvalue weighted by Gasteiger charge is 2.32. The number of hydrogen-bond donors (Lipinski definition) is 1. The Hall–Kier alpha value is -3.86. The van der Waals surface area contributed by atoms with E-state index in [-0.39, 0.29) is 11.7 Å². The second-order valence-electron chi connectivity index (χ2n) is 9.55. The van der Waals surface area contributed by atoms with Crippen molar-refractivity contribution in [3.63, 3.8) is 0 Å². The second-order valence-corrected chi connectivity index (χ2v) is 9.55. The Morgan fingerprint density at radius 3 is 2.37 bits per heavy atom. The highest BCUT2D eigenvalue weighted by Crippen LogP contribution is 2.33. The average Bonchev–Trinajstić information content (AvgIpc) is 2.86. The summed E-state index contributed by atoms with van der Waals surface area (Å²) in [4.78, 5) is 20.1. The maximum atomic E-state index is 13.7. The molecule has 0 spiro atoms. The first-order chi connectivity index (χ1) is 16.7. The molecule has 4 aromatic rings. The van der Waals surface area contributed by atoms with Crippen LogP contribution in [0.5, 0.6) is 11.5 Å². The first-order valence-electron chi connectivity index (χ1n) is 11.9. The third kappa shape index (κ3) is 4.99. The van der Waals surface area contributed by atoms with E-state index < -0.39 is 5.41 Å². The minimum atomic E-state index is -0.540. The Bertz CT molecular complexity index is 1360. The fourth-order valence-electron chi connectivity index (χ4n) is 4.17. The Balaban J connectivity index is 1.71. The van der Waals surface area contributed by atoms with Gasteiger partial charge in [-0.15, -0.1) is 0 Å². The molecule has 0 unspecified atom stereocenters. The maximum Gasteiger partial charge on any atom is 0.234 e. The quantitative estimate of drug-likeness (QED) is 0.321. The normalized spacial score (nSPS) is 11.5. The van der Waals surface area contributed by atoms with Gasteiger partial charge >= 0.3 is 0 Å². The number of methoxy groups -OCH3 is 1. The zero-order chi connectivity index (χ0) is 25.2. The average molecular weight is 469 g/mol. The van der Waals surface area contributed by atoms with Crippen molar-refractivity contribution in [3.8, 4) is 22.6 Å². The third-order valence-electron chi connectivity index (χ3n) is 6.71. The molecule has 0 saturated carbocycles. The number of carbonyl (C=O) groups excluding carboxylic acids is 1. The Morgan fingerprint density at radius 1 is 1.00 bits per heavy atom. The Kier molecular flexibility index (Phi) is 6.79. The smallest absolute Gasteiger partial charge is 0.234 e. The van der Waals surface area contributed by atoms with E-state index in [1.807, 2.05) is 45.9 Å². The third-order valence-corrected chi connectivity index (χ3v) is 6.71. The Labute approximate surface area is 207 Å². The number of aryl methyl sites for hydroxylation is 1. The number of ether oxygens (including phenoxy) is 1. The largest absolute Gasteiger partial charge is 0.508 e. The topological polar surface area (TPSA) is 62.7 Å². The number of aromatic hydroxyl groups is 1. The van der Waals surface area contributed by atoms with E-state index in [0.29, 0.717) is 18.8 Å². The lowest BCUT2D eigenvalue weighted by Crippen LogP contribution is -2.41. The lowest BCUT2D eigenvalue weighted by Gasteiger charge is -2.31. The molecule has 0 radical (unpaired) electrons. The molecule has 1 N–H and O–H groups in total. The molecule has 180 valence electrons. The predicted octanol–water partition coefficient (Wildman–Crippen LogP) is 6.89. The van der Waals surface area contributed by atoms with Crippen LogP contribution >= 0.6 is 0 Å². The number of aromatic nitrogens is 1. The zero-order valence-corrected chi connectivity index (χ0v) is 21.0. The number of phenolic OH excluding ortho intramolecular Hbond substituents is 1. The van der Waals surface area contributed by atoms with Crippen LogP contribution in [0.4, 0.5) is 5.82 Å². The predicted molar refractivity (Wildman–Crippen MR) is 142 cm³/mol. The molecule has 1 amide bonds. The highest BCUT2D eigenvalue weighted by molar-refractivity contribution is 6.04. The second kappa shape index (κ2) is 9.79. The molecule has 0 atom stereocenters. The van der Waals surface area contributed by atoms with Crippen LogP contribution in [0.25, 0.3) is 21.9 Å². The molecule has 0 aliphatic heterocycles. The van der Waals surface area contributed by atoms with Crippen molar-refractivity contribution in [2.24, 2.45) is 5.41 Å². The number of carbonyl (C=O) groups is 1. The number of anilines is 1. The molecule has 35 heavy (non-hydrogen) atoms. The van der Waals surface area contributed by atoms with E-state index in [4.69, 9.17) is 4.74 Å². The van der Waals surface area contributed by atoms with Crippen molar-refractivity contribution >= 4 is 22.5 Å². The standard InChI is InChI=1S/C30H32N2O3/c1-6-30(3,4)29(34)32(28-26-13-12-25(33)18-24(26)15-16-31-28)19-21-7-9-22(10-8-21)23-11-14-27(35-5)20(2)17-23/h7-18,33H,6,19H2,1-5H3. The molecule has 0 bridgehead atoms. The van der Waals surface area contributed by atoms with Gasteiger partial charge in [-0.05, 0) is 77.4 Å². The number of nitrogens with zero attached hydrogens (tertiary/aromatic N) is 2. The van der Waals surface area contributed by atoms with Gasteiger partial charge in [-0.3, -0.25) is 9.69 Å². The number of rotatable bonds is 7. The van der Waals surface area contributed by atoms with Gasteiger partial charge in [0.25, 0.3) is 0 Å². The van der Waals surface area contributed by atoms with Gasteiger partial charge < -0.3 is 9.84 Å². The molecule has 0 aliphatic rings. The molecule has 1 heterocycles. The fraction of sp³-hybridized carbons (Fsp3) is 0.267. The summed E-state index contributed by atoms with van der Waals surface area (Å²) in [5.74, 6) is 1.67. The number of phenols is 1. The fourth-order valence-corrected chi connectivity index (χ4v) is 4.17. The molecule has 4 rings (SSSR count). The summed E-state index contributed by atoms with van der Waals surface area (Å²) in [6, 6.07) is 21.4. The van der Waals surface area contributed by atoms with Gasteiger partial charge in [-0.2, -0.15) is 0 Å². The van der Waals surface area contributed by atoms with Crippen LogP contribution in [-0.4, -0.2) is 23.1 Å². The molecule has 0 aliphatic carbocycles. The molecule has 0 fully saturated rings. The summed E-state index contributed by atoms with van der Waals surface area (Å²) in [5, 5.41) is 11.6. The van der Waals surface area contributed by atoms with E-state index in [2.05, 4.69) is 41.4 Å². The van der Waals surface area contributed by atoms with E-state index in [0.717, 1.165) is 38.8 Å². The SMILES string of the molecule is CCC(C)(C)C(=O)N(Cc1ccc(-c2ccc(OC)c(C)c2)cc1)c1nccc2cc(O)ccc12. The van der Waals surface area contributed by atoms with E-state index in [9.17, 15) is 9.90 Å². The molecular weight excluding hydrogens is 436 g/mol. The van der Waals surface area contributed by atoms with Crippen molar-refractivity contribution in [1.29, 1.82) is 0 Å². The van der Waals surface area contributed by atoms with Gasteiger partial charge in [0.05, 0.1) is 13.7 Å². The molecule has 0 saturated heterocycles. The van der Waals surface area contributed by atoms with Crippen molar-refractivity contribution < 1.29 is 14.6 Å².